The summed E-state index contributed by atoms with van der Waals surface area (Å²) in [6, 6.07) is 7.12. The average Bonchev–Trinajstić information content (AvgIpc) is 2.88. The number of nitrogens with zero attached hydrogens (tertiary/aromatic N) is 1. The van der Waals surface area contributed by atoms with Gasteiger partial charge >= 0.3 is 5.97 Å². The van der Waals surface area contributed by atoms with E-state index < -0.39 is 5.97 Å². The number of nitrogens with one attached hydrogen (secondary N) is 1. The molecular weight excluding hydrogens is 356 g/mol. The standard InChI is InChI=1S/C14H11BrN2O3S/c15-11-5-4-10(21-11)8-17-14(20)13-9(2-1-7-16-13)3-6-12(18)19/h1-7H,8H2,(H,17,20)(H,18,19)/b6-3+. The number of carbonyl (C=O) groups excluding carboxylic acids is 1. The van der Waals surface area contributed by atoms with Crippen molar-refractivity contribution in [3.8, 4) is 0 Å². The topological polar surface area (TPSA) is 79.3 Å². The molecule has 2 rings (SSSR count). The van der Waals surface area contributed by atoms with Crippen LogP contribution in [-0.4, -0.2) is 22.0 Å². The van der Waals surface area contributed by atoms with Gasteiger partial charge in [0.2, 0.25) is 0 Å². The maximum absolute atomic E-state index is 12.1. The minimum Gasteiger partial charge on any atom is -0.478 e. The SMILES string of the molecule is O=C(O)/C=C/c1cccnc1C(=O)NCc1ccc(Br)s1. The van der Waals surface area contributed by atoms with Gasteiger partial charge in [-0.1, -0.05) is 6.07 Å². The lowest BCUT2D eigenvalue weighted by Gasteiger charge is -2.05. The summed E-state index contributed by atoms with van der Waals surface area (Å²) in [7, 11) is 0. The molecule has 0 aliphatic rings. The molecule has 0 aliphatic carbocycles. The zero-order chi connectivity index (χ0) is 15.2. The Balaban J connectivity index is 2.10. The van der Waals surface area contributed by atoms with Gasteiger partial charge in [-0.2, -0.15) is 0 Å². The number of halogens is 1. The Hall–Kier alpha value is -1.99. The van der Waals surface area contributed by atoms with Crippen LogP contribution in [0.15, 0.2) is 40.3 Å². The highest BCUT2D eigenvalue weighted by Crippen LogP contribution is 2.21. The van der Waals surface area contributed by atoms with Crippen LogP contribution in [0.25, 0.3) is 6.08 Å². The van der Waals surface area contributed by atoms with Crippen LogP contribution in [0.2, 0.25) is 0 Å². The second kappa shape index (κ2) is 7.14. The van der Waals surface area contributed by atoms with Crippen molar-refractivity contribution in [1.29, 1.82) is 0 Å². The summed E-state index contributed by atoms with van der Waals surface area (Å²) in [5.74, 6) is -1.42. The lowest BCUT2D eigenvalue weighted by atomic mass is 10.1. The van der Waals surface area contributed by atoms with Gasteiger partial charge in [0.1, 0.15) is 5.69 Å². The number of aliphatic carboxylic acids is 1. The van der Waals surface area contributed by atoms with E-state index in [2.05, 4.69) is 26.2 Å². The largest absolute Gasteiger partial charge is 0.478 e. The first-order valence-corrected chi connectivity index (χ1v) is 7.55. The molecule has 0 radical (unpaired) electrons. The Bertz CT molecular complexity index is 697. The molecule has 2 N–H and O–H groups in total. The zero-order valence-electron chi connectivity index (χ0n) is 10.7. The van der Waals surface area contributed by atoms with E-state index in [9.17, 15) is 9.59 Å². The van der Waals surface area contributed by atoms with E-state index in [0.29, 0.717) is 12.1 Å². The van der Waals surface area contributed by atoms with Gasteiger partial charge in [0.05, 0.1) is 10.3 Å². The van der Waals surface area contributed by atoms with E-state index in [1.165, 1.54) is 23.6 Å². The summed E-state index contributed by atoms with van der Waals surface area (Å²) in [6.07, 6.45) is 3.82. The van der Waals surface area contributed by atoms with Crippen molar-refractivity contribution >= 4 is 45.2 Å². The van der Waals surface area contributed by atoms with Crippen molar-refractivity contribution < 1.29 is 14.7 Å². The van der Waals surface area contributed by atoms with E-state index in [0.717, 1.165) is 14.7 Å². The van der Waals surface area contributed by atoms with Gasteiger partial charge in [-0.3, -0.25) is 9.78 Å². The van der Waals surface area contributed by atoms with Crippen molar-refractivity contribution in [2.75, 3.05) is 0 Å². The van der Waals surface area contributed by atoms with Crippen molar-refractivity contribution in [2.24, 2.45) is 0 Å². The Morgan fingerprint density at radius 3 is 2.86 bits per heavy atom. The molecule has 0 atom stereocenters. The van der Waals surface area contributed by atoms with Crippen LogP contribution in [0, 0.1) is 0 Å². The molecule has 0 fully saturated rings. The summed E-state index contributed by atoms with van der Waals surface area (Å²) < 4.78 is 0.995. The minimum absolute atomic E-state index is 0.200. The van der Waals surface area contributed by atoms with Gasteiger partial charge in [0.25, 0.3) is 5.91 Å². The first kappa shape index (κ1) is 15.4. The number of amides is 1. The molecule has 0 bridgehead atoms. The number of carboxylic acids is 1. The van der Waals surface area contributed by atoms with Gasteiger partial charge < -0.3 is 10.4 Å². The van der Waals surface area contributed by atoms with Crippen molar-refractivity contribution in [3.05, 3.63) is 56.5 Å². The summed E-state index contributed by atoms with van der Waals surface area (Å²) >= 11 is 4.89. The molecule has 0 aromatic carbocycles. The maximum atomic E-state index is 12.1. The zero-order valence-corrected chi connectivity index (χ0v) is 13.1. The van der Waals surface area contributed by atoms with Crippen molar-refractivity contribution in [3.63, 3.8) is 0 Å². The molecule has 0 saturated heterocycles. The van der Waals surface area contributed by atoms with E-state index in [1.54, 1.807) is 12.1 Å². The van der Waals surface area contributed by atoms with Crippen LogP contribution in [0.4, 0.5) is 0 Å². The van der Waals surface area contributed by atoms with Crippen LogP contribution >= 0.6 is 27.3 Å². The third kappa shape index (κ3) is 4.51. The number of hydrogen-bond acceptors (Lipinski definition) is 4. The fourth-order valence-electron chi connectivity index (χ4n) is 1.60. The predicted molar refractivity (Wildman–Crippen MR) is 84.1 cm³/mol. The molecule has 0 aliphatic heterocycles. The highest BCUT2D eigenvalue weighted by Gasteiger charge is 2.11. The average molecular weight is 367 g/mol. The van der Waals surface area contributed by atoms with Gasteiger partial charge in [-0.15, -0.1) is 11.3 Å². The summed E-state index contributed by atoms with van der Waals surface area (Å²) in [5, 5.41) is 11.4. The molecule has 108 valence electrons. The van der Waals surface area contributed by atoms with Crippen LogP contribution in [0.3, 0.4) is 0 Å². The third-order valence-corrected chi connectivity index (χ3v) is 4.14. The molecule has 2 aromatic heterocycles. The highest BCUT2D eigenvalue weighted by atomic mass is 79.9. The Labute approximate surface area is 133 Å². The Kier molecular flexibility index (Phi) is 5.24. The molecule has 0 saturated carbocycles. The van der Waals surface area contributed by atoms with Gasteiger partial charge in [0, 0.05) is 22.7 Å². The third-order valence-electron chi connectivity index (χ3n) is 2.51. The van der Waals surface area contributed by atoms with E-state index >= 15 is 0 Å². The summed E-state index contributed by atoms with van der Waals surface area (Å²) in [6.45, 7) is 0.397. The van der Waals surface area contributed by atoms with Gasteiger partial charge in [0.15, 0.2) is 0 Å². The van der Waals surface area contributed by atoms with E-state index in [1.807, 2.05) is 12.1 Å². The molecule has 5 nitrogen and oxygen atoms in total. The molecule has 1 amide bonds. The Morgan fingerprint density at radius 1 is 1.38 bits per heavy atom. The lowest BCUT2D eigenvalue weighted by molar-refractivity contribution is -0.131. The monoisotopic (exact) mass is 366 g/mol. The number of rotatable bonds is 5. The number of aromatic nitrogens is 1. The second-order valence-corrected chi connectivity index (χ2v) is 6.55. The molecule has 0 spiro atoms. The van der Waals surface area contributed by atoms with E-state index in [-0.39, 0.29) is 11.6 Å². The first-order valence-electron chi connectivity index (χ1n) is 5.94. The van der Waals surface area contributed by atoms with Crippen molar-refractivity contribution in [2.45, 2.75) is 6.54 Å². The summed E-state index contributed by atoms with van der Waals surface area (Å²) in [5.41, 5.74) is 0.662. The van der Waals surface area contributed by atoms with E-state index in [4.69, 9.17) is 5.11 Å². The van der Waals surface area contributed by atoms with Gasteiger partial charge in [-0.05, 0) is 40.2 Å². The molecule has 7 heteroatoms. The molecule has 21 heavy (non-hydrogen) atoms. The van der Waals surface area contributed by atoms with Crippen LogP contribution in [0.5, 0.6) is 0 Å². The number of thiophene rings is 1. The fourth-order valence-corrected chi connectivity index (χ4v) is 3.02. The number of carboxylic acid groups (broad SMARTS) is 1. The molecule has 2 heterocycles. The van der Waals surface area contributed by atoms with Gasteiger partial charge in [-0.25, -0.2) is 4.79 Å². The number of pyridine rings is 1. The Morgan fingerprint density at radius 2 is 2.19 bits per heavy atom. The molecule has 2 aromatic rings. The molecule has 0 unspecified atom stereocenters. The van der Waals surface area contributed by atoms with Crippen LogP contribution in [-0.2, 0) is 11.3 Å². The van der Waals surface area contributed by atoms with Crippen molar-refractivity contribution in [1.82, 2.24) is 10.3 Å². The van der Waals surface area contributed by atoms with Crippen LogP contribution in [0.1, 0.15) is 20.9 Å². The fraction of sp³-hybridized carbons (Fsp3) is 0.0714. The highest BCUT2D eigenvalue weighted by molar-refractivity contribution is 9.11. The number of carbonyl (C=O) groups is 2. The number of hydrogen-bond donors (Lipinski definition) is 2. The molecular formula is C14H11BrN2O3S. The van der Waals surface area contributed by atoms with Crippen LogP contribution < -0.4 is 5.32 Å². The lowest BCUT2D eigenvalue weighted by Crippen LogP contribution is -2.24. The summed E-state index contributed by atoms with van der Waals surface area (Å²) in [4.78, 5) is 27.7. The smallest absolute Gasteiger partial charge is 0.328 e. The quantitative estimate of drug-likeness (QED) is 0.797. The predicted octanol–water partition coefficient (Wildman–Crippen LogP) is 2.93. The first-order chi connectivity index (χ1) is 10.1. The maximum Gasteiger partial charge on any atom is 0.328 e. The second-order valence-electron chi connectivity index (χ2n) is 4.00. The minimum atomic E-state index is -1.08. The normalized spacial score (nSPS) is 10.7.